The van der Waals surface area contributed by atoms with Crippen LogP contribution in [0.4, 0.5) is 5.69 Å². The van der Waals surface area contributed by atoms with Gasteiger partial charge in [-0.05, 0) is 31.4 Å². The van der Waals surface area contributed by atoms with E-state index in [1.807, 2.05) is 6.07 Å². The van der Waals surface area contributed by atoms with E-state index >= 15 is 0 Å². The number of anilines is 1. The van der Waals surface area contributed by atoms with E-state index in [-0.39, 0.29) is 18.9 Å². The summed E-state index contributed by atoms with van der Waals surface area (Å²) in [6.45, 7) is 0.140. The smallest absolute Gasteiger partial charge is 0.260 e. The number of para-hydroxylation sites is 2. The fourth-order valence-corrected chi connectivity index (χ4v) is 2.82. The van der Waals surface area contributed by atoms with E-state index in [0.717, 1.165) is 19.3 Å². The second kappa shape index (κ2) is 5.04. The van der Waals surface area contributed by atoms with Gasteiger partial charge in [-0.15, -0.1) is 0 Å². The highest BCUT2D eigenvalue weighted by atomic mass is 16.5. The molecule has 1 fully saturated rings. The summed E-state index contributed by atoms with van der Waals surface area (Å²) < 4.78 is 5.54. The van der Waals surface area contributed by atoms with E-state index < -0.39 is 17.6 Å². The first-order valence-corrected chi connectivity index (χ1v) is 7.13. The number of carbonyl (C=O) groups excluding carboxylic acids is 2. The van der Waals surface area contributed by atoms with Crippen LogP contribution in [0.5, 0.6) is 5.75 Å². The molecule has 6 nitrogen and oxygen atoms in total. The van der Waals surface area contributed by atoms with Crippen molar-refractivity contribution in [1.29, 1.82) is 0 Å². The molecule has 0 spiro atoms. The van der Waals surface area contributed by atoms with Crippen molar-refractivity contribution in [1.82, 2.24) is 0 Å². The van der Waals surface area contributed by atoms with E-state index in [2.05, 4.69) is 0 Å². The number of benzene rings is 1. The summed E-state index contributed by atoms with van der Waals surface area (Å²) in [5.74, 6) is -0.159. The van der Waals surface area contributed by atoms with Gasteiger partial charge in [-0.2, -0.15) is 0 Å². The summed E-state index contributed by atoms with van der Waals surface area (Å²) in [5, 5.41) is 0. The highest BCUT2D eigenvalue weighted by molar-refractivity contribution is 5.97. The Morgan fingerprint density at radius 2 is 2.05 bits per heavy atom. The van der Waals surface area contributed by atoms with Crippen molar-refractivity contribution < 1.29 is 14.3 Å². The molecule has 1 aliphatic heterocycles. The Kier molecular flexibility index (Phi) is 3.33. The summed E-state index contributed by atoms with van der Waals surface area (Å²) in [7, 11) is 0. The minimum Gasteiger partial charge on any atom is -0.477 e. The van der Waals surface area contributed by atoms with Crippen molar-refractivity contribution in [2.24, 2.45) is 11.5 Å². The maximum Gasteiger partial charge on any atom is 0.260 e. The molecule has 1 saturated carbocycles. The fourth-order valence-electron chi connectivity index (χ4n) is 2.82. The summed E-state index contributed by atoms with van der Waals surface area (Å²) in [6, 6.07) is 7.15. The lowest BCUT2D eigenvalue weighted by molar-refractivity contribution is -0.125. The molecule has 6 heteroatoms. The van der Waals surface area contributed by atoms with Crippen molar-refractivity contribution >= 4 is 17.5 Å². The molecule has 1 heterocycles. The molecule has 2 amide bonds. The fraction of sp³-hybridized carbons (Fsp3) is 0.467. The van der Waals surface area contributed by atoms with Crippen LogP contribution in [0.15, 0.2) is 24.3 Å². The molecular formula is C15H19N3O3. The van der Waals surface area contributed by atoms with E-state index in [9.17, 15) is 9.59 Å². The lowest BCUT2D eigenvalue weighted by Gasteiger charge is -2.40. The molecule has 1 aromatic rings. The van der Waals surface area contributed by atoms with Gasteiger partial charge in [0.25, 0.3) is 5.91 Å². The number of nitrogens with two attached hydrogens (primary N) is 2. The van der Waals surface area contributed by atoms with Gasteiger partial charge in [0, 0.05) is 12.0 Å². The Balaban J connectivity index is 1.85. The molecule has 1 aliphatic carbocycles. The molecule has 1 aromatic carbocycles. The van der Waals surface area contributed by atoms with Gasteiger partial charge in [0.05, 0.1) is 12.2 Å². The van der Waals surface area contributed by atoms with E-state index in [1.54, 1.807) is 23.1 Å². The molecule has 0 bridgehead atoms. The highest BCUT2D eigenvalue weighted by Crippen LogP contribution is 2.37. The van der Waals surface area contributed by atoms with Gasteiger partial charge in [0.1, 0.15) is 5.75 Å². The van der Waals surface area contributed by atoms with Gasteiger partial charge in [0.15, 0.2) is 6.10 Å². The first-order valence-electron chi connectivity index (χ1n) is 7.13. The van der Waals surface area contributed by atoms with Crippen molar-refractivity contribution in [3.8, 4) is 5.75 Å². The van der Waals surface area contributed by atoms with Crippen molar-refractivity contribution in [3.63, 3.8) is 0 Å². The Labute approximate surface area is 123 Å². The van der Waals surface area contributed by atoms with Crippen LogP contribution in [0.2, 0.25) is 0 Å². The van der Waals surface area contributed by atoms with Crippen molar-refractivity contribution in [3.05, 3.63) is 24.3 Å². The molecule has 4 N–H and O–H groups in total. The first kappa shape index (κ1) is 13.9. The summed E-state index contributed by atoms with van der Waals surface area (Å²) >= 11 is 0. The van der Waals surface area contributed by atoms with E-state index in [4.69, 9.17) is 16.2 Å². The number of ether oxygens (including phenoxy) is 1. The summed E-state index contributed by atoms with van der Waals surface area (Å²) in [4.78, 5) is 25.6. The zero-order valence-electron chi connectivity index (χ0n) is 11.7. The van der Waals surface area contributed by atoms with E-state index in [0.29, 0.717) is 11.4 Å². The van der Waals surface area contributed by atoms with Crippen molar-refractivity contribution in [2.75, 3.05) is 11.4 Å². The van der Waals surface area contributed by atoms with Gasteiger partial charge >= 0.3 is 0 Å². The average Bonchev–Trinajstić information content (AvgIpc) is 2.44. The van der Waals surface area contributed by atoms with Crippen LogP contribution in [-0.2, 0) is 9.59 Å². The number of primary amides is 1. The second-order valence-electron chi connectivity index (χ2n) is 5.87. The van der Waals surface area contributed by atoms with Crippen LogP contribution < -0.4 is 21.1 Å². The maximum absolute atomic E-state index is 12.6. The molecule has 2 aliphatic rings. The standard InChI is InChI=1S/C15H19N3O3/c16-14(20)12-9-18(10-4-1-2-5-11(10)21-12)13(19)8-15(17)6-3-7-15/h1-2,4-5,12H,3,6-9,17H2,(H2,16,20). The zero-order valence-corrected chi connectivity index (χ0v) is 11.7. The van der Waals surface area contributed by atoms with Crippen molar-refractivity contribution in [2.45, 2.75) is 37.3 Å². The Bertz CT molecular complexity index is 583. The normalized spacial score (nSPS) is 22.7. The Morgan fingerprint density at radius 3 is 2.67 bits per heavy atom. The molecule has 0 saturated heterocycles. The van der Waals surface area contributed by atoms with Crippen LogP contribution in [0, 0.1) is 0 Å². The third-order valence-corrected chi connectivity index (χ3v) is 4.24. The number of fused-ring (bicyclic) bond motifs is 1. The molecule has 0 radical (unpaired) electrons. The number of nitrogens with zero attached hydrogens (tertiary/aromatic N) is 1. The van der Waals surface area contributed by atoms with Crippen LogP contribution in [0.25, 0.3) is 0 Å². The van der Waals surface area contributed by atoms with Crippen LogP contribution in [0.3, 0.4) is 0 Å². The van der Waals surface area contributed by atoms with E-state index in [1.165, 1.54) is 0 Å². The van der Waals surface area contributed by atoms with Gasteiger partial charge < -0.3 is 21.1 Å². The monoisotopic (exact) mass is 289 g/mol. The zero-order chi connectivity index (χ0) is 15.0. The SMILES string of the molecule is NC(=O)C1CN(C(=O)CC2(N)CCC2)c2ccccc2O1. The molecule has 112 valence electrons. The first-order chi connectivity index (χ1) is 9.98. The minimum atomic E-state index is -0.820. The highest BCUT2D eigenvalue weighted by Gasteiger charge is 2.39. The lowest BCUT2D eigenvalue weighted by Crippen LogP contribution is -2.54. The predicted molar refractivity (Wildman–Crippen MR) is 77.8 cm³/mol. The Hall–Kier alpha value is -2.08. The third kappa shape index (κ3) is 2.58. The molecule has 1 unspecified atom stereocenters. The summed E-state index contributed by atoms with van der Waals surface area (Å²) in [5.41, 5.74) is 11.8. The number of amides is 2. The van der Waals surface area contributed by atoms with Crippen LogP contribution in [0.1, 0.15) is 25.7 Å². The number of hydrogen-bond donors (Lipinski definition) is 2. The lowest BCUT2D eigenvalue weighted by atomic mass is 9.75. The molecule has 1 atom stereocenters. The number of rotatable bonds is 3. The quantitative estimate of drug-likeness (QED) is 0.848. The number of hydrogen-bond acceptors (Lipinski definition) is 4. The number of carbonyl (C=O) groups is 2. The largest absolute Gasteiger partial charge is 0.477 e. The molecule has 0 aromatic heterocycles. The van der Waals surface area contributed by atoms with Crippen LogP contribution in [-0.4, -0.2) is 30.0 Å². The average molecular weight is 289 g/mol. The maximum atomic E-state index is 12.6. The van der Waals surface area contributed by atoms with Gasteiger partial charge in [-0.3, -0.25) is 9.59 Å². The van der Waals surface area contributed by atoms with Crippen LogP contribution >= 0.6 is 0 Å². The molecule has 3 rings (SSSR count). The predicted octanol–water partition coefficient (Wildman–Crippen LogP) is 0.537. The van der Waals surface area contributed by atoms with Gasteiger partial charge in [-0.1, -0.05) is 12.1 Å². The van der Waals surface area contributed by atoms with Gasteiger partial charge in [0.2, 0.25) is 5.91 Å². The second-order valence-corrected chi connectivity index (χ2v) is 5.87. The van der Waals surface area contributed by atoms with Gasteiger partial charge in [-0.25, -0.2) is 0 Å². The summed E-state index contributed by atoms with van der Waals surface area (Å²) in [6.07, 6.45) is 2.26. The molecular weight excluding hydrogens is 270 g/mol. The minimum absolute atomic E-state index is 0.0841. The molecule has 21 heavy (non-hydrogen) atoms. The Morgan fingerprint density at radius 1 is 1.33 bits per heavy atom. The topological polar surface area (TPSA) is 98.7 Å². The third-order valence-electron chi connectivity index (χ3n) is 4.24.